The molecule has 0 aliphatic carbocycles. The van der Waals surface area contributed by atoms with Crippen LogP contribution in [0.5, 0.6) is 0 Å². The first kappa shape index (κ1) is 21.6. The molecule has 1 heterocycles. The van der Waals surface area contributed by atoms with E-state index in [1.165, 1.54) is 35.7 Å². The highest BCUT2D eigenvalue weighted by Gasteiger charge is 2.13. The van der Waals surface area contributed by atoms with Gasteiger partial charge in [-0.2, -0.15) is 9.36 Å². The van der Waals surface area contributed by atoms with Gasteiger partial charge in [0.15, 0.2) is 0 Å². The predicted octanol–water partition coefficient (Wildman–Crippen LogP) is 4.18. The van der Waals surface area contributed by atoms with Crippen molar-refractivity contribution in [1.29, 1.82) is 0 Å². The van der Waals surface area contributed by atoms with Gasteiger partial charge in [0.1, 0.15) is 0 Å². The molecular formula is C18H18N4O3S4. The van der Waals surface area contributed by atoms with Crippen LogP contribution in [-0.4, -0.2) is 35.2 Å². The molecule has 0 radical (unpaired) electrons. The molecule has 0 spiro atoms. The number of nitrogens with zero attached hydrogens (tertiary/aromatic N) is 2. The van der Waals surface area contributed by atoms with E-state index in [2.05, 4.69) is 19.4 Å². The van der Waals surface area contributed by atoms with Gasteiger partial charge in [0.25, 0.3) is 10.0 Å². The van der Waals surface area contributed by atoms with Crippen molar-refractivity contribution >= 4 is 61.8 Å². The van der Waals surface area contributed by atoms with Crippen LogP contribution >= 0.6 is 35.1 Å². The second kappa shape index (κ2) is 10.1. The Kier molecular flexibility index (Phi) is 7.53. The van der Waals surface area contributed by atoms with Crippen LogP contribution < -0.4 is 10.0 Å². The second-order valence-electron chi connectivity index (χ2n) is 5.59. The number of thioether (sulfide) groups is 2. The summed E-state index contributed by atoms with van der Waals surface area (Å²) in [5, 5.41) is 3.88. The Morgan fingerprint density at radius 1 is 1.07 bits per heavy atom. The topological polar surface area (TPSA) is 101 Å². The highest BCUT2D eigenvalue weighted by atomic mass is 32.2. The van der Waals surface area contributed by atoms with E-state index in [1.807, 2.05) is 6.92 Å². The Labute approximate surface area is 181 Å². The van der Waals surface area contributed by atoms with Crippen molar-refractivity contribution in [2.75, 3.05) is 21.5 Å². The lowest BCUT2D eigenvalue weighted by atomic mass is 10.3. The molecule has 2 aromatic carbocycles. The maximum absolute atomic E-state index is 12.3. The molecule has 0 saturated heterocycles. The molecule has 11 heteroatoms. The van der Waals surface area contributed by atoms with Crippen LogP contribution in [0.2, 0.25) is 0 Å². The molecule has 1 amide bonds. The molecule has 29 heavy (non-hydrogen) atoms. The molecule has 152 valence electrons. The van der Waals surface area contributed by atoms with Crippen molar-refractivity contribution in [3.05, 3.63) is 54.6 Å². The standard InChI is InChI=1S/C18H18N4O3S4/c1-2-26-18-20-17(28-21-18)19-16(23)12-27-14-10-8-13(9-11-14)22-29(24,25)15-6-4-3-5-7-15/h3-11,22H,2,12H2,1H3,(H,19,20,21,23). The normalized spacial score (nSPS) is 11.2. The third-order valence-electron chi connectivity index (χ3n) is 3.46. The van der Waals surface area contributed by atoms with E-state index in [0.717, 1.165) is 22.2 Å². The molecule has 3 rings (SSSR count). The van der Waals surface area contributed by atoms with E-state index in [4.69, 9.17) is 0 Å². The number of hydrogen-bond donors (Lipinski definition) is 2. The summed E-state index contributed by atoms with van der Waals surface area (Å²) in [5.41, 5.74) is 0.456. The van der Waals surface area contributed by atoms with E-state index in [1.54, 1.807) is 42.5 Å². The lowest BCUT2D eigenvalue weighted by Crippen LogP contribution is -2.14. The van der Waals surface area contributed by atoms with Gasteiger partial charge in [0.05, 0.1) is 10.6 Å². The summed E-state index contributed by atoms with van der Waals surface area (Å²) < 4.78 is 31.4. The minimum absolute atomic E-state index is 0.173. The summed E-state index contributed by atoms with van der Waals surface area (Å²) in [6.45, 7) is 2.01. The van der Waals surface area contributed by atoms with E-state index in [-0.39, 0.29) is 16.6 Å². The first-order valence-electron chi connectivity index (χ1n) is 8.53. The zero-order valence-electron chi connectivity index (χ0n) is 15.4. The van der Waals surface area contributed by atoms with Crippen molar-refractivity contribution in [3.8, 4) is 0 Å². The summed E-state index contributed by atoms with van der Waals surface area (Å²) in [7, 11) is -3.62. The Hall–Kier alpha value is -2.08. The van der Waals surface area contributed by atoms with Crippen LogP contribution in [0.4, 0.5) is 10.8 Å². The molecule has 0 saturated carbocycles. The number of nitrogens with one attached hydrogen (secondary N) is 2. The first-order chi connectivity index (χ1) is 14.0. The van der Waals surface area contributed by atoms with Gasteiger partial charge in [-0.05, 0) is 42.2 Å². The molecule has 0 aliphatic rings. The Balaban J connectivity index is 1.52. The molecule has 1 aromatic heterocycles. The molecule has 0 atom stereocenters. The highest BCUT2D eigenvalue weighted by Crippen LogP contribution is 2.23. The van der Waals surface area contributed by atoms with E-state index < -0.39 is 10.0 Å². The van der Waals surface area contributed by atoms with Gasteiger partial charge in [0.2, 0.25) is 16.2 Å². The summed E-state index contributed by atoms with van der Waals surface area (Å²) >= 11 is 4.03. The van der Waals surface area contributed by atoms with Gasteiger partial charge in [-0.15, -0.1) is 11.8 Å². The zero-order chi connectivity index (χ0) is 20.7. The van der Waals surface area contributed by atoms with Gasteiger partial charge in [0, 0.05) is 22.1 Å². The molecule has 0 fully saturated rings. The number of anilines is 2. The minimum Gasteiger partial charge on any atom is -0.300 e. The zero-order valence-corrected chi connectivity index (χ0v) is 18.6. The van der Waals surface area contributed by atoms with Crippen LogP contribution in [0.1, 0.15) is 6.92 Å². The summed E-state index contributed by atoms with van der Waals surface area (Å²) in [6, 6.07) is 15.0. The molecule has 0 aliphatic heterocycles. The largest absolute Gasteiger partial charge is 0.300 e. The van der Waals surface area contributed by atoms with Gasteiger partial charge < -0.3 is 0 Å². The monoisotopic (exact) mass is 466 g/mol. The average Bonchev–Trinajstić information content (AvgIpc) is 3.15. The van der Waals surface area contributed by atoms with Crippen LogP contribution in [0.15, 0.2) is 69.5 Å². The maximum atomic E-state index is 12.3. The number of carbonyl (C=O) groups excluding carboxylic acids is 1. The van der Waals surface area contributed by atoms with Gasteiger partial charge in [-0.3, -0.25) is 14.8 Å². The molecule has 3 aromatic rings. The number of sulfonamides is 1. The minimum atomic E-state index is -3.62. The number of amides is 1. The summed E-state index contributed by atoms with van der Waals surface area (Å²) in [5.74, 6) is 0.913. The second-order valence-corrected chi connectivity index (χ2v) is 10.3. The van der Waals surface area contributed by atoms with Crippen LogP contribution in [0.3, 0.4) is 0 Å². The van der Waals surface area contributed by atoms with Crippen LogP contribution in [-0.2, 0) is 14.8 Å². The lowest BCUT2D eigenvalue weighted by Gasteiger charge is -2.08. The SMILES string of the molecule is CCSc1nsc(NC(=O)CSc2ccc(NS(=O)(=O)c3ccccc3)cc2)n1. The van der Waals surface area contributed by atoms with E-state index in [9.17, 15) is 13.2 Å². The Bertz CT molecular complexity index is 1050. The fraction of sp³-hybridized carbons (Fsp3) is 0.167. The van der Waals surface area contributed by atoms with Gasteiger partial charge >= 0.3 is 0 Å². The smallest absolute Gasteiger partial charge is 0.261 e. The van der Waals surface area contributed by atoms with Crippen LogP contribution in [0, 0.1) is 0 Å². The molecule has 7 nitrogen and oxygen atoms in total. The van der Waals surface area contributed by atoms with Gasteiger partial charge in [-0.1, -0.05) is 36.9 Å². The van der Waals surface area contributed by atoms with Crippen molar-refractivity contribution in [3.63, 3.8) is 0 Å². The summed E-state index contributed by atoms with van der Waals surface area (Å²) in [6.07, 6.45) is 0. The quantitative estimate of drug-likeness (QED) is 0.456. The van der Waals surface area contributed by atoms with Crippen molar-refractivity contribution in [2.24, 2.45) is 0 Å². The summed E-state index contributed by atoms with van der Waals surface area (Å²) in [4.78, 5) is 17.4. The van der Waals surface area contributed by atoms with E-state index in [0.29, 0.717) is 16.0 Å². The fourth-order valence-electron chi connectivity index (χ4n) is 2.19. The molecular weight excluding hydrogens is 448 g/mol. The Morgan fingerprint density at radius 2 is 1.79 bits per heavy atom. The Morgan fingerprint density at radius 3 is 2.48 bits per heavy atom. The van der Waals surface area contributed by atoms with Gasteiger partial charge in [-0.25, -0.2) is 8.42 Å². The van der Waals surface area contributed by atoms with Crippen molar-refractivity contribution in [1.82, 2.24) is 9.36 Å². The lowest BCUT2D eigenvalue weighted by molar-refractivity contribution is -0.113. The van der Waals surface area contributed by atoms with Crippen molar-refractivity contribution in [2.45, 2.75) is 21.9 Å². The van der Waals surface area contributed by atoms with E-state index >= 15 is 0 Å². The highest BCUT2D eigenvalue weighted by molar-refractivity contribution is 8.00. The number of aromatic nitrogens is 2. The maximum Gasteiger partial charge on any atom is 0.261 e. The molecule has 0 unspecified atom stereocenters. The number of carbonyl (C=O) groups is 1. The molecule has 0 bridgehead atoms. The third-order valence-corrected chi connectivity index (χ3v) is 7.34. The number of rotatable bonds is 9. The molecule has 2 N–H and O–H groups in total. The average molecular weight is 467 g/mol. The number of hydrogen-bond acceptors (Lipinski definition) is 8. The first-order valence-corrected chi connectivity index (χ1v) is 12.8. The third kappa shape index (κ3) is 6.46. The predicted molar refractivity (Wildman–Crippen MR) is 119 cm³/mol. The fourth-order valence-corrected chi connectivity index (χ4v) is 5.25. The van der Waals surface area contributed by atoms with Crippen LogP contribution in [0.25, 0.3) is 0 Å². The van der Waals surface area contributed by atoms with Crippen molar-refractivity contribution < 1.29 is 13.2 Å². The number of benzene rings is 2.